The highest BCUT2D eigenvalue weighted by Crippen LogP contribution is 2.20. The Morgan fingerprint density at radius 3 is 2.67 bits per heavy atom. The second-order valence-corrected chi connectivity index (χ2v) is 5.38. The third-order valence-electron chi connectivity index (χ3n) is 4.05. The highest BCUT2D eigenvalue weighted by atomic mass is 16.3. The molecule has 2 saturated heterocycles. The zero-order valence-corrected chi connectivity index (χ0v) is 11.7. The molecule has 7 heteroatoms. The van der Waals surface area contributed by atoms with Gasteiger partial charge in [0.25, 0.3) is 5.91 Å². The first-order valence-electron chi connectivity index (χ1n) is 7.13. The summed E-state index contributed by atoms with van der Waals surface area (Å²) in [5, 5.41) is 12.2. The number of urea groups is 1. The van der Waals surface area contributed by atoms with Crippen LogP contribution in [0.5, 0.6) is 5.75 Å². The van der Waals surface area contributed by atoms with Crippen LogP contribution in [0.4, 0.5) is 4.79 Å². The molecule has 0 spiro atoms. The number of aromatic nitrogens is 1. The Hall–Kier alpha value is -2.31. The number of amides is 3. The predicted molar refractivity (Wildman–Crippen MR) is 74.9 cm³/mol. The summed E-state index contributed by atoms with van der Waals surface area (Å²) >= 11 is 0. The maximum absolute atomic E-state index is 12.3. The van der Waals surface area contributed by atoms with Crippen molar-refractivity contribution < 1.29 is 14.7 Å². The van der Waals surface area contributed by atoms with Crippen LogP contribution >= 0.6 is 0 Å². The van der Waals surface area contributed by atoms with E-state index in [1.807, 2.05) is 4.90 Å². The fourth-order valence-corrected chi connectivity index (χ4v) is 2.94. The lowest BCUT2D eigenvalue weighted by molar-refractivity contribution is 0.0665. The van der Waals surface area contributed by atoms with Gasteiger partial charge in [-0.25, -0.2) is 4.79 Å². The Balaban J connectivity index is 1.60. The van der Waals surface area contributed by atoms with Gasteiger partial charge in [-0.05, 0) is 18.9 Å². The Morgan fingerprint density at radius 2 is 2.05 bits per heavy atom. The van der Waals surface area contributed by atoms with Gasteiger partial charge in [-0.2, -0.15) is 0 Å². The maximum Gasteiger partial charge on any atom is 0.317 e. The van der Waals surface area contributed by atoms with Gasteiger partial charge in [-0.3, -0.25) is 9.78 Å². The van der Waals surface area contributed by atoms with Crippen molar-refractivity contribution in [3.63, 3.8) is 0 Å². The zero-order chi connectivity index (χ0) is 14.8. The third kappa shape index (κ3) is 2.76. The van der Waals surface area contributed by atoms with Crippen molar-refractivity contribution in [3.8, 4) is 5.75 Å². The number of hydrogen-bond acceptors (Lipinski definition) is 4. The van der Waals surface area contributed by atoms with Crippen LogP contribution in [0, 0.1) is 0 Å². The zero-order valence-electron chi connectivity index (χ0n) is 11.7. The Kier molecular flexibility index (Phi) is 3.64. The van der Waals surface area contributed by atoms with E-state index in [1.165, 1.54) is 18.5 Å². The molecule has 2 aliphatic heterocycles. The van der Waals surface area contributed by atoms with Gasteiger partial charge in [-0.15, -0.1) is 0 Å². The monoisotopic (exact) mass is 290 g/mol. The molecule has 3 amide bonds. The fourth-order valence-electron chi connectivity index (χ4n) is 2.94. The van der Waals surface area contributed by atoms with Gasteiger partial charge < -0.3 is 20.2 Å². The van der Waals surface area contributed by atoms with Crippen molar-refractivity contribution in [2.75, 3.05) is 26.2 Å². The molecule has 0 aliphatic carbocycles. The van der Waals surface area contributed by atoms with Crippen molar-refractivity contribution in [3.05, 3.63) is 24.0 Å². The molecular formula is C14H18N4O3. The molecule has 2 N–H and O–H groups in total. The minimum atomic E-state index is -0.122. The van der Waals surface area contributed by atoms with Crippen molar-refractivity contribution in [2.24, 2.45) is 0 Å². The molecule has 3 heterocycles. The molecule has 2 fully saturated rings. The number of pyridine rings is 1. The molecule has 1 aromatic heterocycles. The average Bonchev–Trinajstić information content (AvgIpc) is 2.93. The number of piperidine rings is 1. The molecule has 0 unspecified atom stereocenters. The van der Waals surface area contributed by atoms with Crippen LogP contribution < -0.4 is 5.32 Å². The summed E-state index contributed by atoms with van der Waals surface area (Å²) < 4.78 is 0. The predicted octanol–water partition coefficient (Wildman–Crippen LogP) is 0.417. The third-order valence-corrected chi connectivity index (χ3v) is 4.05. The molecule has 2 aliphatic rings. The molecule has 0 bridgehead atoms. The summed E-state index contributed by atoms with van der Waals surface area (Å²) in [7, 11) is 0. The van der Waals surface area contributed by atoms with E-state index in [2.05, 4.69) is 10.3 Å². The summed E-state index contributed by atoms with van der Waals surface area (Å²) in [5.41, 5.74) is 0.396. The smallest absolute Gasteiger partial charge is 0.317 e. The quantitative estimate of drug-likeness (QED) is 0.826. The van der Waals surface area contributed by atoms with Crippen LogP contribution in [-0.2, 0) is 0 Å². The molecule has 7 nitrogen and oxygen atoms in total. The highest BCUT2D eigenvalue weighted by molar-refractivity contribution is 5.94. The van der Waals surface area contributed by atoms with Crippen LogP contribution in [0.25, 0.3) is 0 Å². The average molecular weight is 290 g/mol. The van der Waals surface area contributed by atoms with Gasteiger partial charge in [0.1, 0.15) is 5.75 Å². The first-order valence-corrected chi connectivity index (χ1v) is 7.13. The minimum absolute atomic E-state index is 0.00282. The van der Waals surface area contributed by atoms with Gasteiger partial charge >= 0.3 is 6.03 Å². The summed E-state index contributed by atoms with van der Waals surface area (Å²) in [6.45, 7) is 2.67. The number of likely N-dealkylation sites (tertiary alicyclic amines) is 1. The second kappa shape index (κ2) is 5.59. The largest absolute Gasteiger partial charge is 0.506 e. The molecular weight excluding hydrogens is 272 g/mol. The lowest BCUT2D eigenvalue weighted by Gasteiger charge is -2.36. The SMILES string of the molecule is O=C(c1cncc(O)c1)N1CCC(N2CCNC2=O)CC1. The van der Waals surface area contributed by atoms with E-state index >= 15 is 0 Å². The summed E-state index contributed by atoms with van der Waals surface area (Å²) in [5.74, 6) is -0.132. The topological polar surface area (TPSA) is 85.8 Å². The first kappa shape index (κ1) is 13.7. The van der Waals surface area contributed by atoms with Crippen LogP contribution in [0.2, 0.25) is 0 Å². The lowest BCUT2D eigenvalue weighted by Crippen LogP contribution is -2.47. The van der Waals surface area contributed by atoms with Crippen LogP contribution in [-0.4, -0.2) is 64.0 Å². The van der Waals surface area contributed by atoms with Crippen molar-refractivity contribution >= 4 is 11.9 Å². The van der Waals surface area contributed by atoms with Crippen molar-refractivity contribution in [1.29, 1.82) is 0 Å². The number of aromatic hydroxyl groups is 1. The number of hydrogen-bond donors (Lipinski definition) is 2. The molecule has 21 heavy (non-hydrogen) atoms. The molecule has 0 atom stereocenters. The standard InChI is InChI=1S/C14H18N4O3/c19-12-7-10(8-15-9-12)13(20)17-4-1-11(2-5-17)18-6-3-16-14(18)21/h7-9,11,19H,1-6H2,(H,16,21). The number of nitrogens with one attached hydrogen (secondary N) is 1. The number of rotatable bonds is 2. The van der Waals surface area contributed by atoms with E-state index in [-0.39, 0.29) is 23.7 Å². The number of nitrogens with zero attached hydrogens (tertiary/aromatic N) is 3. The first-order chi connectivity index (χ1) is 10.1. The van der Waals surface area contributed by atoms with Gasteiger partial charge in [0.15, 0.2) is 0 Å². The molecule has 0 radical (unpaired) electrons. The van der Waals surface area contributed by atoms with Crippen LogP contribution in [0.15, 0.2) is 18.5 Å². The lowest BCUT2D eigenvalue weighted by atomic mass is 10.0. The molecule has 112 valence electrons. The van der Waals surface area contributed by atoms with Crippen molar-refractivity contribution in [2.45, 2.75) is 18.9 Å². The summed E-state index contributed by atoms with van der Waals surface area (Å²) in [6, 6.07) is 1.63. The molecule has 1 aromatic rings. The summed E-state index contributed by atoms with van der Waals surface area (Å²) in [6.07, 6.45) is 4.33. The Bertz CT molecular complexity index is 555. The van der Waals surface area contributed by atoms with E-state index in [4.69, 9.17) is 0 Å². The van der Waals surface area contributed by atoms with E-state index in [0.717, 1.165) is 19.4 Å². The fraction of sp³-hybridized carbons (Fsp3) is 0.500. The van der Waals surface area contributed by atoms with Gasteiger partial charge in [-0.1, -0.05) is 0 Å². The Morgan fingerprint density at radius 1 is 1.29 bits per heavy atom. The van der Waals surface area contributed by atoms with E-state index in [0.29, 0.717) is 25.2 Å². The van der Waals surface area contributed by atoms with Crippen LogP contribution in [0.1, 0.15) is 23.2 Å². The van der Waals surface area contributed by atoms with E-state index in [9.17, 15) is 14.7 Å². The van der Waals surface area contributed by atoms with Gasteiger partial charge in [0.2, 0.25) is 0 Å². The van der Waals surface area contributed by atoms with E-state index in [1.54, 1.807) is 4.90 Å². The van der Waals surface area contributed by atoms with Crippen molar-refractivity contribution in [1.82, 2.24) is 20.1 Å². The van der Waals surface area contributed by atoms with Gasteiger partial charge in [0, 0.05) is 38.4 Å². The second-order valence-electron chi connectivity index (χ2n) is 5.38. The molecule has 0 saturated carbocycles. The maximum atomic E-state index is 12.3. The number of carbonyl (C=O) groups is 2. The summed E-state index contributed by atoms with van der Waals surface area (Å²) in [4.78, 5) is 31.4. The van der Waals surface area contributed by atoms with E-state index < -0.39 is 0 Å². The highest BCUT2D eigenvalue weighted by Gasteiger charge is 2.32. The normalized spacial score (nSPS) is 19.7. The minimum Gasteiger partial charge on any atom is -0.506 e. The molecule has 3 rings (SSSR count). The van der Waals surface area contributed by atoms with Gasteiger partial charge in [0.05, 0.1) is 11.8 Å². The molecule has 0 aromatic carbocycles. The van der Waals surface area contributed by atoms with Crippen LogP contribution in [0.3, 0.4) is 0 Å². The number of carbonyl (C=O) groups excluding carboxylic acids is 2. The Labute approximate surface area is 122 Å².